The Bertz CT molecular complexity index is 2110. The minimum absolute atomic E-state index is 1.16. The lowest BCUT2D eigenvalue weighted by Crippen LogP contribution is -2.13. The molecule has 0 atom stereocenters. The van der Waals surface area contributed by atoms with Gasteiger partial charge in [0.25, 0.3) is 0 Å². The minimum atomic E-state index is 1.16. The van der Waals surface area contributed by atoms with Crippen LogP contribution in [0.25, 0.3) is 43.8 Å². The van der Waals surface area contributed by atoms with Gasteiger partial charge in [-0.05, 0) is 129 Å². The molecule has 8 rings (SSSR count). The molecule has 0 bridgehead atoms. The third kappa shape index (κ3) is 4.75. The zero-order valence-electron chi connectivity index (χ0n) is 25.1. The molecule has 44 heavy (non-hydrogen) atoms. The molecule has 0 saturated heterocycles. The highest BCUT2D eigenvalue weighted by molar-refractivity contribution is 6.13. The molecule has 7 aromatic carbocycles. The summed E-state index contributed by atoms with van der Waals surface area (Å²) in [5.41, 5.74) is 12.9. The summed E-state index contributed by atoms with van der Waals surface area (Å²) in [5.74, 6) is 0. The molecule has 0 heterocycles. The summed E-state index contributed by atoms with van der Waals surface area (Å²) < 4.78 is 0. The largest absolute Gasteiger partial charge is 0.310 e. The van der Waals surface area contributed by atoms with Crippen molar-refractivity contribution in [2.75, 3.05) is 4.90 Å². The van der Waals surface area contributed by atoms with Gasteiger partial charge in [0.1, 0.15) is 0 Å². The second-order valence-corrected chi connectivity index (χ2v) is 12.1. The maximum absolute atomic E-state index is 2.46. The van der Waals surface area contributed by atoms with E-state index in [4.69, 9.17) is 0 Å². The minimum Gasteiger partial charge on any atom is -0.310 e. The molecule has 212 valence electrons. The summed E-state index contributed by atoms with van der Waals surface area (Å²) in [7, 11) is 0. The van der Waals surface area contributed by atoms with Crippen LogP contribution in [0.1, 0.15) is 29.5 Å². The molecule has 0 unspecified atom stereocenters. The number of nitrogens with zero attached hydrogens (tertiary/aromatic N) is 1. The van der Waals surface area contributed by atoms with Gasteiger partial charge in [0.05, 0.1) is 0 Å². The van der Waals surface area contributed by atoms with Gasteiger partial charge in [-0.1, -0.05) is 109 Å². The molecule has 0 fully saturated rings. The normalized spacial score (nSPS) is 12.8. The molecule has 1 heteroatoms. The van der Waals surface area contributed by atoms with Crippen LogP contribution >= 0.6 is 0 Å². The maximum Gasteiger partial charge on any atom is 0.0493 e. The SMILES string of the molecule is Cc1cc2c(cc1N(c1ccc(-c3ccccc3)cc1)c1ccc(-c3cc4ccccc4c4ccccc34)cc1)CCCC2. The van der Waals surface area contributed by atoms with Gasteiger partial charge in [-0.15, -0.1) is 0 Å². The van der Waals surface area contributed by atoms with Crippen molar-refractivity contribution < 1.29 is 0 Å². The lowest BCUT2D eigenvalue weighted by Gasteiger charge is -2.29. The summed E-state index contributed by atoms with van der Waals surface area (Å²) in [6.45, 7) is 2.27. The highest BCUT2D eigenvalue weighted by Crippen LogP contribution is 2.41. The highest BCUT2D eigenvalue weighted by Gasteiger charge is 2.19. The molecule has 0 saturated carbocycles. The van der Waals surface area contributed by atoms with E-state index in [0.717, 1.165) is 6.42 Å². The Morgan fingerprint density at radius 2 is 1.00 bits per heavy atom. The maximum atomic E-state index is 2.46. The van der Waals surface area contributed by atoms with E-state index in [1.165, 1.54) is 96.8 Å². The smallest absolute Gasteiger partial charge is 0.0493 e. The van der Waals surface area contributed by atoms with Gasteiger partial charge in [-0.2, -0.15) is 0 Å². The summed E-state index contributed by atoms with van der Waals surface area (Å²) in [4.78, 5) is 2.45. The fourth-order valence-corrected chi connectivity index (χ4v) is 7.08. The van der Waals surface area contributed by atoms with Gasteiger partial charge < -0.3 is 4.90 Å². The Morgan fingerprint density at radius 3 is 1.70 bits per heavy atom. The molecular weight excluding hydrogens is 530 g/mol. The molecule has 1 aliphatic carbocycles. The van der Waals surface area contributed by atoms with Gasteiger partial charge in [0, 0.05) is 17.1 Å². The molecule has 0 spiro atoms. The number of fused-ring (bicyclic) bond motifs is 4. The van der Waals surface area contributed by atoms with E-state index < -0.39 is 0 Å². The van der Waals surface area contributed by atoms with E-state index in [2.05, 4.69) is 157 Å². The Labute approximate surface area is 260 Å². The summed E-state index contributed by atoms with van der Waals surface area (Å²) >= 11 is 0. The van der Waals surface area contributed by atoms with Crippen molar-refractivity contribution in [3.05, 3.63) is 162 Å². The van der Waals surface area contributed by atoms with E-state index in [0.29, 0.717) is 0 Å². The van der Waals surface area contributed by atoms with Crippen molar-refractivity contribution in [3.63, 3.8) is 0 Å². The summed E-state index contributed by atoms with van der Waals surface area (Å²) in [6.07, 6.45) is 4.92. The quantitative estimate of drug-likeness (QED) is 0.188. The molecule has 0 amide bonds. The zero-order valence-corrected chi connectivity index (χ0v) is 25.1. The van der Waals surface area contributed by atoms with Gasteiger partial charge in [0.2, 0.25) is 0 Å². The number of hydrogen-bond donors (Lipinski definition) is 0. The third-order valence-electron chi connectivity index (χ3n) is 9.34. The van der Waals surface area contributed by atoms with Crippen molar-refractivity contribution in [2.45, 2.75) is 32.6 Å². The number of hydrogen-bond acceptors (Lipinski definition) is 1. The monoisotopic (exact) mass is 565 g/mol. The van der Waals surface area contributed by atoms with Gasteiger partial charge in [0.15, 0.2) is 0 Å². The third-order valence-corrected chi connectivity index (χ3v) is 9.34. The number of rotatable bonds is 5. The zero-order chi connectivity index (χ0) is 29.5. The van der Waals surface area contributed by atoms with Crippen LogP contribution < -0.4 is 4.90 Å². The fourth-order valence-electron chi connectivity index (χ4n) is 7.08. The Balaban J connectivity index is 1.25. The van der Waals surface area contributed by atoms with Crippen molar-refractivity contribution in [2.24, 2.45) is 0 Å². The first kappa shape index (κ1) is 26.5. The topological polar surface area (TPSA) is 3.24 Å². The molecular formula is C43H35N. The molecule has 1 aliphatic rings. The fraction of sp³-hybridized carbons (Fsp3) is 0.116. The van der Waals surface area contributed by atoms with Crippen LogP contribution in [0.15, 0.2) is 146 Å². The molecule has 0 radical (unpaired) electrons. The Kier molecular flexibility index (Phi) is 6.72. The first-order valence-corrected chi connectivity index (χ1v) is 15.8. The van der Waals surface area contributed by atoms with Crippen molar-refractivity contribution in [3.8, 4) is 22.3 Å². The first-order chi connectivity index (χ1) is 21.7. The van der Waals surface area contributed by atoms with E-state index in [1.807, 2.05) is 0 Å². The van der Waals surface area contributed by atoms with Gasteiger partial charge in [-0.25, -0.2) is 0 Å². The van der Waals surface area contributed by atoms with E-state index >= 15 is 0 Å². The summed E-state index contributed by atoms with van der Waals surface area (Å²) in [5, 5.41) is 5.17. The van der Waals surface area contributed by atoms with Gasteiger partial charge in [-0.3, -0.25) is 0 Å². The van der Waals surface area contributed by atoms with Crippen LogP contribution in [0, 0.1) is 6.92 Å². The lowest BCUT2D eigenvalue weighted by atomic mass is 9.89. The van der Waals surface area contributed by atoms with Crippen molar-refractivity contribution in [1.82, 2.24) is 0 Å². The van der Waals surface area contributed by atoms with Crippen LogP contribution in [0.3, 0.4) is 0 Å². The van der Waals surface area contributed by atoms with E-state index in [-0.39, 0.29) is 0 Å². The van der Waals surface area contributed by atoms with Crippen LogP contribution in [0.4, 0.5) is 17.1 Å². The number of aryl methyl sites for hydroxylation is 3. The van der Waals surface area contributed by atoms with Crippen LogP contribution in [-0.2, 0) is 12.8 Å². The van der Waals surface area contributed by atoms with Crippen LogP contribution in [0.5, 0.6) is 0 Å². The van der Waals surface area contributed by atoms with Crippen molar-refractivity contribution >= 4 is 38.6 Å². The molecule has 0 aromatic heterocycles. The number of anilines is 3. The van der Waals surface area contributed by atoms with E-state index in [1.54, 1.807) is 0 Å². The predicted octanol–water partition coefficient (Wildman–Crippen LogP) is 12.0. The van der Waals surface area contributed by atoms with Crippen molar-refractivity contribution in [1.29, 1.82) is 0 Å². The van der Waals surface area contributed by atoms with E-state index in [9.17, 15) is 0 Å². The average Bonchev–Trinajstić information content (AvgIpc) is 3.09. The molecule has 1 nitrogen and oxygen atoms in total. The Hall–Kier alpha value is -5.14. The predicted molar refractivity (Wildman–Crippen MR) is 188 cm³/mol. The average molecular weight is 566 g/mol. The first-order valence-electron chi connectivity index (χ1n) is 15.8. The molecule has 7 aromatic rings. The lowest BCUT2D eigenvalue weighted by molar-refractivity contribution is 0.685. The van der Waals surface area contributed by atoms with Crippen LogP contribution in [-0.4, -0.2) is 0 Å². The molecule has 0 N–H and O–H groups in total. The van der Waals surface area contributed by atoms with Gasteiger partial charge >= 0.3 is 0 Å². The van der Waals surface area contributed by atoms with Crippen LogP contribution in [0.2, 0.25) is 0 Å². The Morgan fingerprint density at radius 1 is 0.455 bits per heavy atom. The molecule has 0 aliphatic heterocycles. The second-order valence-electron chi connectivity index (χ2n) is 12.1. The standard InChI is InChI=1S/C43H35N/c1-30-27-34-13-5-6-14-35(34)29-43(30)44(37-23-19-32(20-24-37)31-11-3-2-4-12-31)38-25-21-33(22-26-38)42-28-36-15-7-8-16-39(36)40-17-9-10-18-41(40)42/h2-4,7-12,15-29H,5-6,13-14H2,1H3. The number of benzene rings is 7. The second kappa shape index (κ2) is 11.2. The summed E-state index contributed by atoms with van der Waals surface area (Å²) in [6, 6.07) is 53.6. The highest BCUT2D eigenvalue weighted by atomic mass is 15.1.